The monoisotopic (exact) mass is 385 g/mol. The van der Waals surface area contributed by atoms with Gasteiger partial charge in [-0.3, -0.25) is 4.90 Å². The molecule has 1 aromatic heterocycles. The van der Waals surface area contributed by atoms with E-state index in [1.54, 1.807) is 6.07 Å². The Morgan fingerprint density at radius 1 is 1.29 bits per heavy atom. The molecule has 0 spiro atoms. The average molecular weight is 385 g/mol. The first-order valence-corrected chi connectivity index (χ1v) is 9.61. The van der Waals surface area contributed by atoms with Crippen LogP contribution in [-0.4, -0.2) is 40.7 Å². The Labute approximate surface area is 162 Å². The third-order valence-electron chi connectivity index (χ3n) is 5.03. The van der Waals surface area contributed by atoms with Gasteiger partial charge < -0.3 is 19.6 Å². The second-order valence-electron chi connectivity index (χ2n) is 7.03. The van der Waals surface area contributed by atoms with Crippen LogP contribution in [0.15, 0.2) is 40.8 Å². The molecule has 2 heterocycles. The number of anilines is 1. The van der Waals surface area contributed by atoms with Gasteiger partial charge in [-0.05, 0) is 38.0 Å². The first-order chi connectivity index (χ1) is 13.6. The van der Waals surface area contributed by atoms with Crippen molar-refractivity contribution in [3.05, 3.63) is 47.8 Å². The van der Waals surface area contributed by atoms with Crippen molar-refractivity contribution in [2.75, 3.05) is 25.0 Å². The van der Waals surface area contributed by atoms with Gasteiger partial charge in [0.15, 0.2) is 17.1 Å². The lowest BCUT2D eigenvalue weighted by Gasteiger charge is -2.32. The van der Waals surface area contributed by atoms with Crippen LogP contribution in [0.25, 0.3) is 11.1 Å². The number of halogens is 1. The Hall–Kier alpha value is -2.80. The first kappa shape index (κ1) is 18.6. The quantitative estimate of drug-likeness (QED) is 0.664. The van der Waals surface area contributed by atoms with Crippen molar-refractivity contribution >= 4 is 17.1 Å². The van der Waals surface area contributed by atoms with Crippen molar-refractivity contribution in [3.8, 4) is 11.5 Å². The molecule has 1 fully saturated rings. The minimum atomic E-state index is -0.410. The molecule has 1 aliphatic heterocycles. The van der Waals surface area contributed by atoms with Crippen LogP contribution in [-0.2, 0) is 6.54 Å². The van der Waals surface area contributed by atoms with Crippen molar-refractivity contribution in [2.45, 2.75) is 32.4 Å². The van der Waals surface area contributed by atoms with E-state index in [1.807, 2.05) is 31.2 Å². The number of aromatic hydroxyl groups is 1. The highest BCUT2D eigenvalue weighted by Gasteiger charge is 2.22. The summed E-state index contributed by atoms with van der Waals surface area (Å²) in [4.78, 5) is 6.67. The van der Waals surface area contributed by atoms with Gasteiger partial charge in [-0.15, -0.1) is 0 Å². The number of phenolic OH excluding ortho intramolecular Hbond substituents is 1. The fourth-order valence-corrected chi connectivity index (χ4v) is 3.56. The minimum absolute atomic E-state index is 0.163. The summed E-state index contributed by atoms with van der Waals surface area (Å²) in [6, 6.07) is 11.2. The van der Waals surface area contributed by atoms with Crippen molar-refractivity contribution < 1.29 is 18.7 Å². The van der Waals surface area contributed by atoms with Gasteiger partial charge in [0, 0.05) is 37.3 Å². The van der Waals surface area contributed by atoms with E-state index >= 15 is 0 Å². The number of hydrogen-bond donors (Lipinski definition) is 2. The number of likely N-dealkylation sites (tertiary alicyclic amines) is 1. The van der Waals surface area contributed by atoms with Crippen molar-refractivity contribution in [1.82, 2.24) is 9.88 Å². The molecule has 1 aliphatic rings. The summed E-state index contributed by atoms with van der Waals surface area (Å²) in [5.74, 6) is -0.247. The van der Waals surface area contributed by atoms with Gasteiger partial charge in [0.05, 0.1) is 6.61 Å². The van der Waals surface area contributed by atoms with Crippen molar-refractivity contribution in [2.24, 2.45) is 0 Å². The molecule has 0 atom stereocenters. The van der Waals surface area contributed by atoms with Crippen LogP contribution in [0.3, 0.4) is 0 Å². The summed E-state index contributed by atoms with van der Waals surface area (Å²) in [5.41, 5.74) is 2.15. The van der Waals surface area contributed by atoms with Crippen LogP contribution in [0, 0.1) is 5.82 Å². The van der Waals surface area contributed by atoms with Crippen LogP contribution in [0.5, 0.6) is 11.5 Å². The predicted octanol–water partition coefficient (Wildman–Crippen LogP) is 4.15. The smallest absolute Gasteiger partial charge is 0.295 e. The molecular formula is C21H24FN3O3. The summed E-state index contributed by atoms with van der Waals surface area (Å²) in [6.07, 6.45) is 1.83. The second-order valence-corrected chi connectivity index (χ2v) is 7.03. The molecule has 0 amide bonds. The Morgan fingerprint density at radius 3 is 2.82 bits per heavy atom. The van der Waals surface area contributed by atoms with Gasteiger partial charge in [-0.25, -0.2) is 4.39 Å². The van der Waals surface area contributed by atoms with Gasteiger partial charge in [0.1, 0.15) is 11.3 Å². The number of nitrogens with zero attached hydrogens (tertiary/aromatic N) is 2. The number of aromatic nitrogens is 1. The number of para-hydroxylation sites is 2. The van der Waals surface area contributed by atoms with Gasteiger partial charge >= 0.3 is 0 Å². The zero-order chi connectivity index (χ0) is 19.5. The molecule has 2 aromatic carbocycles. The molecule has 0 saturated carbocycles. The summed E-state index contributed by atoms with van der Waals surface area (Å²) in [5, 5.41) is 13.1. The topological polar surface area (TPSA) is 70.8 Å². The molecule has 7 heteroatoms. The van der Waals surface area contributed by atoms with Crippen LogP contribution in [0.1, 0.15) is 25.3 Å². The number of piperidine rings is 1. The molecule has 28 heavy (non-hydrogen) atoms. The van der Waals surface area contributed by atoms with E-state index in [-0.39, 0.29) is 11.8 Å². The Morgan fingerprint density at radius 2 is 2.07 bits per heavy atom. The fraction of sp³-hybridized carbons (Fsp3) is 0.381. The number of phenols is 1. The highest BCUT2D eigenvalue weighted by atomic mass is 19.1. The minimum Gasteiger partial charge on any atom is -0.504 e. The molecule has 0 bridgehead atoms. The normalized spacial score (nSPS) is 15.8. The van der Waals surface area contributed by atoms with Crippen LogP contribution in [0.4, 0.5) is 10.4 Å². The van der Waals surface area contributed by atoms with Crippen LogP contribution < -0.4 is 10.1 Å². The Bertz CT molecular complexity index is 918. The third kappa shape index (κ3) is 4.04. The molecule has 0 radical (unpaired) electrons. The third-order valence-corrected chi connectivity index (χ3v) is 5.03. The SMILES string of the molecule is CCOc1cc(CN2CCC(Nc3nc4ccccc4o3)CC2)c(F)cc1O. The Balaban J connectivity index is 1.34. The maximum Gasteiger partial charge on any atom is 0.295 e. The number of ether oxygens (including phenoxy) is 1. The predicted molar refractivity (Wildman–Crippen MR) is 105 cm³/mol. The molecule has 4 rings (SSSR count). The second kappa shape index (κ2) is 8.06. The molecule has 1 saturated heterocycles. The largest absolute Gasteiger partial charge is 0.504 e. The number of benzene rings is 2. The van der Waals surface area contributed by atoms with Gasteiger partial charge in [-0.2, -0.15) is 4.98 Å². The zero-order valence-electron chi connectivity index (χ0n) is 15.8. The molecule has 148 valence electrons. The molecule has 0 aliphatic carbocycles. The summed E-state index contributed by atoms with van der Waals surface area (Å²) in [6.45, 7) is 4.41. The fourth-order valence-electron chi connectivity index (χ4n) is 3.56. The van der Waals surface area contributed by atoms with Gasteiger partial charge in [0.25, 0.3) is 6.01 Å². The molecule has 0 unspecified atom stereocenters. The van der Waals surface area contributed by atoms with E-state index in [4.69, 9.17) is 9.15 Å². The van der Waals surface area contributed by atoms with E-state index < -0.39 is 5.82 Å². The van der Waals surface area contributed by atoms with E-state index in [2.05, 4.69) is 15.2 Å². The van der Waals surface area contributed by atoms with Crippen LogP contribution >= 0.6 is 0 Å². The number of fused-ring (bicyclic) bond motifs is 1. The number of hydrogen-bond acceptors (Lipinski definition) is 6. The molecule has 6 nitrogen and oxygen atoms in total. The van der Waals surface area contributed by atoms with E-state index in [1.165, 1.54) is 0 Å². The zero-order valence-corrected chi connectivity index (χ0v) is 15.8. The molecule has 2 N–H and O–H groups in total. The first-order valence-electron chi connectivity index (χ1n) is 9.61. The lowest BCUT2D eigenvalue weighted by molar-refractivity contribution is 0.207. The number of rotatable bonds is 6. The highest BCUT2D eigenvalue weighted by Crippen LogP contribution is 2.30. The summed E-state index contributed by atoms with van der Waals surface area (Å²) >= 11 is 0. The van der Waals surface area contributed by atoms with Gasteiger partial charge in [-0.1, -0.05) is 12.1 Å². The maximum atomic E-state index is 14.2. The summed E-state index contributed by atoms with van der Waals surface area (Å²) < 4.78 is 25.3. The van der Waals surface area contributed by atoms with E-state index in [0.29, 0.717) is 30.5 Å². The lowest BCUT2D eigenvalue weighted by atomic mass is 10.0. The van der Waals surface area contributed by atoms with E-state index in [9.17, 15) is 9.50 Å². The average Bonchev–Trinajstić information content (AvgIpc) is 3.09. The Kier molecular flexibility index (Phi) is 5.34. The molecule has 3 aromatic rings. The summed E-state index contributed by atoms with van der Waals surface area (Å²) in [7, 11) is 0. The number of oxazole rings is 1. The molecular weight excluding hydrogens is 361 g/mol. The number of nitrogens with one attached hydrogen (secondary N) is 1. The lowest BCUT2D eigenvalue weighted by Crippen LogP contribution is -2.38. The standard InChI is InChI=1S/C21H24FN3O3/c1-2-27-20-11-14(16(22)12-18(20)26)13-25-9-7-15(8-10-25)23-21-24-17-5-3-4-6-19(17)28-21/h3-6,11-12,15,26H,2,7-10,13H2,1H3,(H,23,24). The van der Waals surface area contributed by atoms with Crippen LogP contribution in [0.2, 0.25) is 0 Å². The maximum absolute atomic E-state index is 14.2. The van der Waals surface area contributed by atoms with E-state index in [0.717, 1.165) is 43.1 Å². The van der Waals surface area contributed by atoms with Crippen molar-refractivity contribution in [1.29, 1.82) is 0 Å². The van der Waals surface area contributed by atoms with Gasteiger partial charge in [0.2, 0.25) is 0 Å². The van der Waals surface area contributed by atoms with Crippen molar-refractivity contribution in [3.63, 3.8) is 0 Å². The highest BCUT2D eigenvalue weighted by molar-refractivity contribution is 5.74.